The Morgan fingerprint density at radius 1 is 1.25 bits per heavy atom. The molecule has 1 unspecified atom stereocenters. The van der Waals surface area contributed by atoms with Gasteiger partial charge in [-0.2, -0.15) is 0 Å². The van der Waals surface area contributed by atoms with E-state index >= 15 is 0 Å². The molecule has 84 valence electrons. The Kier molecular flexibility index (Phi) is 2.51. The minimum atomic E-state index is 0.341. The molecule has 2 aliphatic rings. The number of nitrogens with zero attached hydrogens (tertiary/aromatic N) is 2. The fourth-order valence-corrected chi connectivity index (χ4v) is 2.54. The molecule has 1 aromatic carbocycles. The maximum absolute atomic E-state index is 4.86. The van der Waals surface area contributed by atoms with Crippen LogP contribution in [0.1, 0.15) is 24.4 Å². The van der Waals surface area contributed by atoms with E-state index in [4.69, 9.17) is 4.99 Å². The number of aliphatic imine (C=N–C) groups is 1. The first-order valence-electron chi connectivity index (χ1n) is 5.78. The smallest absolute Gasteiger partial charge is 0.103 e. The van der Waals surface area contributed by atoms with Crippen molar-refractivity contribution in [2.45, 2.75) is 18.9 Å². The Labute approximate surface area is 104 Å². The van der Waals surface area contributed by atoms with Crippen LogP contribution < -0.4 is 0 Å². The molecule has 1 aromatic rings. The third-order valence-corrected chi connectivity index (χ3v) is 3.85. The zero-order valence-corrected chi connectivity index (χ0v) is 10.9. The minimum absolute atomic E-state index is 0.341. The molecule has 0 saturated heterocycles. The average Bonchev–Trinajstić information content (AvgIpc) is 3.04. The molecule has 1 saturated carbocycles. The van der Waals surface area contributed by atoms with Crippen molar-refractivity contribution < 1.29 is 0 Å². The minimum Gasteiger partial charge on any atom is -0.361 e. The molecule has 1 aliphatic heterocycles. The van der Waals surface area contributed by atoms with Gasteiger partial charge in [0.15, 0.2) is 0 Å². The molecule has 0 aromatic heterocycles. The van der Waals surface area contributed by atoms with Crippen LogP contribution in [0.3, 0.4) is 0 Å². The van der Waals surface area contributed by atoms with Crippen LogP contribution in [0.25, 0.3) is 0 Å². The van der Waals surface area contributed by atoms with E-state index in [9.17, 15) is 0 Å². The maximum Gasteiger partial charge on any atom is 0.103 e. The molecular formula is C13H15BrN2. The molecule has 16 heavy (non-hydrogen) atoms. The van der Waals surface area contributed by atoms with E-state index in [0.29, 0.717) is 6.04 Å². The van der Waals surface area contributed by atoms with Gasteiger partial charge in [-0.05, 0) is 30.5 Å². The van der Waals surface area contributed by atoms with Crippen LogP contribution >= 0.6 is 15.9 Å². The number of likely N-dealkylation sites (N-methyl/N-ethyl adjacent to an activating group) is 1. The van der Waals surface area contributed by atoms with Gasteiger partial charge in [-0.1, -0.05) is 28.1 Å². The van der Waals surface area contributed by atoms with Gasteiger partial charge >= 0.3 is 0 Å². The summed E-state index contributed by atoms with van der Waals surface area (Å²) in [4.78, 5) is 7.18. The summed E-state index contributed by atoms with van der Waals surface area (Å²) in [5, 5.41) is 0. The highest BCUT2D eigenvalue weighted by Gasteiger charge is 2.35. The second kappa shape index (κ2) is 3.88. The van der Waals surface area contributed by atoms with Crippen molar-refractivity contribution in [3.05, 3.63) is 34.3 Å². The van der Waals surface area contributed by atoms with E-state index in [1.165, 1.54) is 24.2 Å². The quantitative estimate of drug-likeness (QED) is 0.811. The van der Waals surface area contributed by atoms with E-state index in [-0.39, 0.29) is 0 Å². The van der Waals surface area contributed by atoms with Crippen molar-refractivity contribution in [3.63, 3.8) is 0 Å². The van der Waals surface area contributed by atoms with Crippen LogP contribution in [-0.4, -0.2) is 24.3 Å². The molecule has 0 spiro atoms. The third kappa shape index (κ3) is 1.88. The van der Waals surface area contributed by atoms with Gasteiger partial charge in [0.1, 0.15) is 5.84 Å². The van der Waals surface area contributed by atoms with Gasteiger partial charge in [0.2, 0.25) is 0 Å². The van der Waals surface area contributed by atoms with Crippen molar-refractivity contribution in [2.24, 2.45) is 10.9 Å². The van der Waals surface area contributed by atoms with Crippen LogP contribution in [0.15, 0.2) is 33.7 Å². The molecule has 1 fully saturated rings. The fraction of sp³-hybridized carbons (Fsp3) is 0.462. The number of rotatable bonds is 2. The summed E-state index contributed by atoms with van der Waals surface area (Å²) in [7, 11) is 2.16. The monoisotopic (exact) mass is 278 g/mol. The van der Waals surface area contributed by atoms with Crippen molar-refractivity contribution in [3.8, 4) is 0 Å². The molecule has 1 aliphatic carbocycles. The van der Waals surface area contributed by atoms with Gasteiger partial charge < -0.3 is 4.90 Å². The molecule has 0 N–H and O–H groups in total. The molecule has 0 bridgehead atoms. The van der Waals surface area contributed by atoms with E-state index in [1.54, 1.807) is 0 Å². The van der Waals surface area contributed by atoms with Crippen molar-refractivity contribution in [2.75, 3.05) is 13.6 Å². The highest BCUT2D eigenvalue weighted by Crippen LogP contribution is 2.36. The summed E-state index contributed by atoms with van der Waals surface area (Å²) in [6.07, 6.45) is 2.66. The maximum atomic E-state index is 4.86. The lowest BCUT2D eigenvalue weighted by atomic mass is 10.1. The summed E-state index contributed by atoms with van der Waals surface area (Å²) in [6, 6.07) is 8.87. The van der Waals surface area contributed by atoms with Crippen molar-refractivity contribution in [1.82, 2.24) is 4.90 Å². The first-order valence-corrected chi connectivity index (χ1v) is 6.57. The lowest BCUT2D eigenvalue weighted by Crippen LogP contribution is -2.24. The second-order valence-electron chi connectivity index (χ2n) is 4.71. The second-order valence-corrected chi connectivity index (χ2v) is 5.63. The summed E-state index contributed by atoms with van der Waals surface area (Å²) in [5.41, 5.74) is 1.32. The molecule has 0 radical (unpaired) electrons. The van der Waals surface area contributed by atoms with Crippen LogP contribution in [0, 0.1) is 5.92 Å². The highest BCUT2D eigenvalue weighted by molar-refractivity contribution is 9.10. The lowest BCUT2D eigenvalue weighted by Gasteiger charge is -2.13. The van der Waals surface area contributed by atoms with Gasteiger partial charge in [-0.15, -0.1) is 0 Å². The molecule has 3 rings (SSSR count). The molecular weight excluding hydrogens is 264 g/mol. The third-order valence-electron chi connectivity index (χ3n) is 3.32. The van der Waals surface area contributed by atoms with Gasteiger partial charge in [0, 0.05) is 24.0 Å². The van der Waals surface area contributed by atoms with Gasteiger partial charge in [0.25, 0.3) is 0 Å². The van der Waals surface area contributed by atoms with Gasteiger partial charge in [-0.3, -0.25) is 4.99 Å². The van der Waals surface area contributed by atoms with Gasteiger partial charge in [0.05, 0.1) is 6.04 Å². The van der Waals surface area contributed by atoms with E-state index in [0.717, 1.165) is 16.9 Å². The summed E-state index contributed by atoms with van der Waals surface area (Å²) in [5.74, 6) is 2.08. The van der Waals surface area contributed by atoms with Crippen LogP contribution in [0.2, 0.25) is 0 Å². The molecule has 0 amide bonds. The first-order chi connectivity index (χ1) is 7.74. The number of halogens is 1. The van der Waals surface area contributed by atoms with Crippen LogP contribution in [0.4, 0.5) is 0 Å². The number of benzene rings is 1. The SMILES string of the molecule is CN1CC(c2ccc(Br)cc2)N=C1C1CC1. The Morgan fingerprint density at radius 3 is 2.56 bits per heavy atom. The largest absolute Gasteiger partial charge is 0.361 e. The molecule has 3 heteroatoms. The highest BCUT2D eigenvalue weighted by atomic mass is 79.9. The van der Waals surface area contributed by atoms with Crippen LogP contribution in [0.5, 0.6) is 0 Å². The van der Waals surface area contributed by atoms with Crippen LogP contribution in [-0.2, 0) is 0 Å². The summed E-state index contributed by atoms with van der Waals surface area (Å²) < 4.78 is 1.13. The molecule has 1 heterocycles. The lowest BCUT2D eigenvalue weighted by molar-refractivity contribution is 0.498. The number of hydrogen-bond donors (Lipinski definition) is 0. The standard InChI is InChI=1S/C13H15BrN2/c1-16-8-12(15-13(16)10-2-3-10)9-4-6-11(14)7-5-9/h4-7,10,12H,2-3,8H2,1H3. The fourth-order valence-electron chi connectivity index (χ4n) is 2.28. The zero-order chi connectivity index (χ0) is 11.1. The zero-order valence-electron chi connectivity index (χ0n) is 9.36. The Balaban J connectivity index is 1.83. The van der Waals surface area contributed by atoms with Crippen molar-refractivity contribution >= 4 is 21.8 Å². The molecule has 2 nitrogen and oxygen atoms in total. The summed E-state index contributed by atoms with van der Waals surface area (Å²) >= 11 is 3.46. The number of amidine groups is 1. The van der Waals surface area contributed by atoms with Gasteiger partial charge in [-0.25, -0.2) is 0 Å². The summed E-state index contributed by atoms with van der Waals surface area (Å²) in [6.45, 7) is 1.04. The van der Waals surface area contributed by atoms with Crippen molar-refractivity contribution in [1.29, 1.82) is 0 Å². The predicted octanol–water partition coefficient (Wildman–Crippen LogP) is 3.24. The number of hydrogen-bond acceptors (Lipinski definition) is 2. The van der Waals surface area contributed by atoms with E-state index in [1.807, 2.05) is 0 Å². The topological polar surface area (TPSA) is 15.6 Å². The Bertz CT molecular complexity index is 420. The van der Waals surface area contributed by atoms with E-state index in [2.05, 4.69) is 52.1 Å². The normalized spacial score (nSPS) is 24.8. The average molecular weight is 279 g/mol. The van der Waals surface area contributed by atoms with E-state index < -0.39 is 0 Å². The Morgan fingerprint density at radius 2 is 1.94 bits per heavy atom. The Hall–Kier alpha value is -0.830. The molecule has 1 atom stereocenters. The first kappa shape index (κ1) is 10.3. The predicted molar refractivity (Wildman–Crippen MR) is 69.7 cm³/mol.